The molecule has 1 unspecified atom stereocenters. The van der Waals surface area contributed by atoms with Crippen LogP contribution in [0, 0.1) is 13.8 Å². The molecule has 0 saturated heterocycles. The highest BCUT2D eigenvalue weighted by Gasteiger charge is 2.05. The molecular weight excluding hydrogens is 242 g/mol. The van der Waals surface area contributed by atoms with Crippen LogP contribution < -0.4 is 5.73 Å². The Morgan fingerprint density at radius 1 is 0.900 bits per heavy atom. The third kappa shape index (κ3) is 4.50. The first kappa shape index (κ1) is 14.8. The number of nitrogens with two attached hydrogens (primary N) is 1. The molecule has 20 heavy (non-hydrogen) atoms. The molecule has 1 atom stereocenters. The van der Waals surface area contributed by atoms with Crippen molar-refractivity contribution in [2.45, 2.75) is 45.6 Å². The van der Waals surface area contributed by atoms with Crippen molar-refractivity contribution >= 4 is 0 Å². The second kappa shape index (κ2) is 7.25. The molecule has 2 aromatic carbocycles. The van der Waals surface area contributed by atoms with E-state index in [-0.39, 0.29) is 6.04 Å². The lowest BCUT2D eigenvalue weighted by atomic mass is 9.97. The lowest BCUT2D eigenvalue weighted by Gasteiger charge is -2.13. The van der Waals surface area contributed by atoms with Crippen LogP contribution in [0.5, 0.6) is 0 Å². The molecule has 1 nitrogen and oxygen atoms in total. The minimum absolute atomic E-state index is 0.265. The quantitative estimate of drug-likeness (QED) is 0.834. The summed E-state index contributed by atoms with van der Waals surface area (Å²) in [4.78, 5) is 0. The predicted molar refractivity (Wildman–Crippen MR) is 87.0 cm³/mol. The first-order valence-corrected chi connectivity index (χ1v) is 7.51. The third-order valence-electron chi connectivity index (χ3n) is 3.95. The molecule has 0 bridgehead atoms. The largest absolute Gasteiger partial charge is 0.327 e. The second-order valence-electron chi connectivity index (χ2n) is 5.76. The minimum Gasteiger partial charge on any atom is -0.327 e. The van der Waals surface area contributed by atoms with E-state index in [9.17, 15) is 0 Å². The molecule has 0 aliphatic carbocycles. The third-order valence-corrected chi connectivity index (χ3v) is 3.95. The van der Waals surface area contributed by atoms with Crippen molar-refractivity contribution in [2.24, 2.45) is 5.73 Å². The van der Waals surface area contributed by atoms with Gasteiger partial charge in [0.25, 0.3) is 0 Å². The maximum Gasteiger partial charge on any atom is 0.00794 e. The van der Waals surface area contributed by atoms with Crippen LogP contribution in [0.15, 0.2) is 48.5 Å². The molecule has 0 saturated carbocycles. The zero-order chi connectivity index (χ0) is 14.4. The van der Waals surface area contributed by atoms with E-state index in [1.54, 1.807) is 0 Å². The molecule has 106 valence electrons. The fourth-order valence-electron chi connectivity index (χ4n) is 2.55. The Bertz CT molecular complexity index is 531. The Morgan fingerprint density at radius 2 is 1.65 bits per heavy atom. The highest BCUT2D eigenvalue weighted by molar-refractivity contribution is 5.30. The number of hydrogen-bond acceptors (Lipinski definition) is 1. The van der Waals surface area contributed by atoms with Gasteiger partial charge in [0.05, 0.1) is 0 Å². The standard InChI is InChI=1S/C19H25N/c1-15-11-12-18(13-16(15)2)14-19(20)10-6-9-17-7-4-3-5-8-17/h3-5,7-8,11-13,19H,6,9-10,14,20H2,1-2H3. The lowest BCUT2D eigenvalue weighted by Crippen LogP contribution is -2.22. The van der Waals surface area contributed by atoms with Gasteiger partial charge in [-0.1, -0.05) is 48.5 Å². The van der Waals surface area contributed by atoms with Crippen LogP contribution in [0.25, 0.3) is 0 Å². The van der Waals surface area contributed by atoms with Gasteiger partial charge in [-0.2, -0.15) is 0 Å². The van der Waals surface area contributed by atoms with Crippen LogP contribution >= 0.6 is 0 Å². The average Bonchev–Trinajstić information content (AvgIpc) is 2.44. The van der Waals surface area contributed by atoms with Gasteiger partial charge in [0.15, 0.2) is 0 Å². The van der Waals surface area contributed by atoms with E-state index in [0.29, 0.717) is 0 Å². The zero-order valence-electron chi connectivity index (χ0n) is 12.6. The molecule has 0 fully saturated rings. The van der Waals surface area contributed by atoms with Crippen molar-refractivity contribution in [2.75, 3.05) is 0 Å². The van der Waals surface area contributed by atoms with Gasteiger partial charge < -0.3 is 5.73 Å². The van der Waals surface area contributed by atoms with Crippen LogP contribution in [-0.2, 0) is 12.8 Å². The normalized spacial score (nSPS) is 12.3. The summed E-state index contributed by atoms with van der Waals surface area (Å²) in [5.74, 6) is 0. The average molecular weight is 267 g/mol. The summed E-state index contributed by atoms with van der Waals surface area (Å²) < 4.78 is 0. The minimum atomic E-state index is 0.265. The molecule has 1 heteroatoms. The smallest absolute Gasteiger partial charge is 0.00794 e. The lowest BCUT2D eigenvalue weighted by molar-refractivity contribution is 0.580. The van der Waals surface area contributed by atoms with Crippen LogP contribution in [-0.4, -0.2) is 6.04 Å². The maximum absolute atomic E-state index is 6.26. The molecule has 0 radical (unpaired) electrons. The fraction of sp³-hybridized carbons (Fsp3) is 0.368. The van der Waals surface area contributed by atoms with Gasteiger partial charge in [-0.3, -0.25) is 0 Å². The van der Waals surface area contributed by atoms with Crippen molar-refractivity contribution < 1.29 is 0 Å². The van der Waals surface area contributed by atoms with Gasteiger partial charge in [0, 0.05) is 6.04 Å². The SMILES string of the molecule is Cc1ccc(CC(N)CCCc2ccccc2)cc1C. The molecular formula is C19H25N. The summed E-state index contributed by atoms with van der Waals surface area (Å²) in [5, 5.41) is 0. The number of benzene rings is 2. The number of aryl methyl sites for hydroxylation is 3. The highest BCUT2D eigenvalue weighted by Crippen LogP contribution is 2.13. The molecule has 2 rings (SSSR count). The summed E-state index contributed by atoms with van der Waals surface area (Å²) in [6.45, 7) is 4.32. The van der Waals surface area contributed by atoms with E-state index in [4.69, 9.17) is 5.73 Å². The molecule has 2 N–H and O–H groups in total. The number of rotatable bonds is 6. The van der Waals surface area contributed by atoms with Gasteiger partial charge in [-0.15, -0.1) is 0 Å². The van der Waals surface area contributed by atoms with Crippen LogP contribution in [0.3, 0.4) is 0 Å². The Morgan fingerprint density at radius 3 is 2.35 bits per heavy atom. The van der Waals surface area contributed by atoms with E-state index >= 15 is 0 Å². The number of hydrogen-bond donors (Lipinski definition) is 1. The summed E-state index contributed by atoms with van der Waals surface area (Å²) in [6.07, 6.45) is 4.36. The van der Waals surface area contributed by atoms with Crippen molar-refractivity contribution in [1.29, 1.82) is 0 Å². The van der Waals surface area contributed by atoms with Gasteiger partial charge in [0.1, 0.15) is 0 Å². The van der Waals surface area contributed by atoms with Gasteiger partial charge >= 0.3 is 0 Å². The Kier molecular flexibility index (Phi) is 5.37. The Labute approximate surface area is 122 Å². The van der Waals surface area contributed by atoms with Crippen molar-refractivity contribution in [1.82, 2.24) is 0 Å². The van der Waals surface area contributed by atoms with E-state index in [1.165, 1.54) is 22.3 Å². The zero-order valence-corrected chi connectivity index (χ0v) is 12.6. The van der Waals surface area contributed by atoms with Crippen molar-refractivity contribution in [3.63, 3.8) is 0 Å². The molecule has 0 aliphatic rings. The van der Waals surface area contributed by atoms with Gasteiger partial charge in [-0.25, -0.2) is 0 Å². The van der Waals surface area contributed by atoms with E-state index < -0.39 is 0 Å². The Hall–Kier alpha value is -1.60. The highest BCUT2D eigenvalue weighted by atomic mass is 14.6. The summed E-state index contributed by atoms with van der Waals surface area (Å²) >= 11 is 0. The molecule has 0 spiro atoms. The van der Waals surface area contributed by atoms with E-state index in [2.05, 4.69) is 62.4 Å². The molecule has 0 aromatic heterocycles. The topological polar surface area (TPSA) is 26.0 Å². The molecule has 0 heterocycles. The van der Waals surface area contributed by atoms with Gasteiger partial charge in [-0.05, 0) is 61.8 Å². The summed E-state index contributed by atoms with van der Waals surface area (Å²) in [5.41, 5.74) is 11.7. The van der Waals surface area contributed by atoms with Gasteiger partial charge in [0.2, 0.25) is 0 Å². The monoisotopic (exact) mass is 267 g/mol. The maximum atomic E-state index is 6.26. The predicted octanol–water partition coefficient (Wildman–Crippen LogP) is 4.20. The van der Waals surface area contributed by atoms with E-state index in [0.717, 1.165) is 25.7 Å². The molecule has 0 aliphatic heterocycles. The first-order valence-electron chi connectivity index (χ1n) is 7.51. The van der Waals surface area contributed by atoms with Crippen LogP contribution in [0.2, 0.25) is 0 Å². The molecule has 2 aromatic rings. The van der Waals surface area contributed by atoms with Crippen molar-refractivity contribution in [3.05, 3.63) is 70.8 Å². The van der Waals surface area contributed by atoms with E-state index in [1.807, 2.05) is 0 Å². The molecule has 0 amide bonds. The fourth-order valence-corrected chi connectivity index (χ4v) is 2.55. The first-order chi connectivity index (χ1) is 9.65. The Balaban J connectivity index is 1.77. The van der Waals surface area contributed by atoms with Crippen LogP contribution in [0.1, 0.15) is 35.1 Å². The van der Waals surface area contributed by atoms with Crippen molar-refractivity contribution in [3.8, 4) is 0 Å². The second-order valence-corrected chi connectivity index (χ2v) is 5.76. The summed E-state index contributed by atoms with van der Waals surface area (Å²) in [7, 11) is 0. The summed E-state index contributed by atoms with van der Waals surface area (Å²) in [6, 6.07) is 17.6. The van der Waals surface area contributed by atoms with Crippen LogP contribution in [0.4, 0.5) is 0 Å².